The second kappa shape index (κ2) is 7.29. The highest BCUT2D eigenvalue weighted by Gasteiger charge is 2.25. The van der Waals surface area contributed by atoms with Gasteiger partial charge in [0.05, 0.1) is 6.04 Å². The third kappa shape index (κ3) is 3.74. The lowest BCUT2D eigenvalue weighted by Gasteiger charge is -2.33. The first-order valence-corrected chi connectivity index (χ1v) is 9.26. The topological polar surface area (TPSA) is 44.3 Å². The second-order valence-corrected chi connectivity index (χ2v) is 7.14. The maximum absolute atomic E-state index is 10.4. The highest BCUT2D eigenvalue weighted by Crippen LogP contribution is 2.33. The maximum atomic E-state index is 10.4. The normalized spacial score (nSPS) is 19.3. The Hall–Kier alpha value is -3.04. The van der Waals surface area contributed by atoms with E-state index in [0.29, 0.717) is 5.75 Å². The zero-order chi connectivity index (χ0) is 18.8. The Bertz CT molecular complexity index is 958. The summed E-state index contributed by atoms with van der Waals surface area (Å²) >= 11 is 0. The van der Waals surface area contributed by atoms with Crippen LogP contribution in [0.25, 0.3) is 5.70 Å². The lowest BCUT2D eigenvalue weighted by molar-refractivity contribution is 0.419. The number of phenolic OH excluding ortho intramolecular Hbond substituents is 1. The molecule has 0 saturated carbocycles. The molecule has 27 heavy (non-hydrogen) atoms. The highest BCUT2D eigenvalue weighted by molar-refractivity contribution is 5.67. The Morgan fingerprint density at radius 1 is 0.778 bits per heavy atom. The molecule has 3 aromatic rings. The predicted molar refractivity (Wildman–Crippen MR) is 110 cm³/mol. The summed E-state index contributed by atoms with van der Waals surface area (Å²) < 4.78 is 0. The van der Waals surface area contributed by atoms with Crippen LogP contribution in [-0.2, 0) is 0 Å². The van der Waals surface area contributed by atoms with Crippen LogP contribution in [-0.4, -0.2) is 5.11 Å². The van der Waals surface area contributed by atoms with Crippen molar-refractivity contribution in [3.63, 3.8) is 0 Å². The summed E-state index contributed by atoms with van der Waals surface area (Å²) in [5, 5.41) is 17.6. The number of aromatic hydroxyl groups is 1. The lowest BCUT2D eigenvalue weighted by atomic mass is 9.97. The Kier molecular flexibility index (Phi) is 4.69. The van der Waals surface area contributed by atoms with Gasteiger partial charge in [0.15, 0.2) is 0 Å². The molecule has 1 aliphatic heterocycles. The van der Waals surface area contributed by atoms with Crippen molar-refractivity contribution < 1.29 is 5.11 Å². The zero-order valence-electron chi connectivity index (χ0n) is 15.6. The van der Waals surface area contributed by atoms with Crippen molar-refractivity contribution in [2.45, 2.75) is 26.1 Å². The van der Waals surface area contributed by atoms with E-state index in [9.17, 15) is 5.11 Å². The lowest BCUT2D eigenvalue weighted by Crippen LogP contribution is -2.39. The molecule has 4 rings (SSSR count). The van der Waals surface area contributed by atoms with Gasteiger partial charge in [-0.05, 0) is 37.1 Å². The van der Waals surface area contributed by atoms with Crippen molar-refractivity contribution in [1.82, 2.24) is 10.6 Å². The van der Waals surface area contributed by atoms with E-state index >= 15 is 0 Å². The smallest absolute Gasteiger partial charge is 0.120 e. The molecule has 0 spiro atoms. The van der Waals surface area contributed by atoms with Gasteiger partial charge < -0.3 is 10.4 Å². The molecule has 3 heteroatoms. The van der Waals surface area contributed by atoms with Crippen molar-refractivity contribution in [3.05, 3.63) is 107 Å². The van der Waals surface area contributed by atoms with Crippen LogP contribution in [0.15, 0.2) is 78.9 Å². The number of rotatable bonds is 3. The number of phenols is 1. The maximum Gasteiger partial charge on any atom is 0.120 e. The van der Waals surface area contributed by atoms with Crippen molar-refractivity contribution in [2.75, 3.05) is 0 Å². The summed E-state index contributed by atoms with van der Waals surface area (Å²) in [6.07, 6.45) is 2.10. The monoisotopic (exact) mass is 356 g/mol. The summed E-state index contributed by atoms with van der Waals surface area (Å²) in [4.78, 5) is 0. The zero-order valence-corrected chi connectivity index (χ0v) is 15.6. The van der Waals surface area contributed by atoms with Crippen LogP contribution in [0.5, 0.6) is 5.75 Å². The molecule has 0 fully saturated rings. The molecule has 0 amide bonds. The van der Waals surface area contributed by atoms with Gasteiger partial charge in [0.1, 0.15) is 11.9 Å². The first-order chi connectivity index (χ1) is 13.1. The van der Waals surface area contributed by atoms with E-state index in [2.05, 4.69) is 79.1 Å². The van der Waals surface area contributed by atoms with Gasteiger partial charge in [0.25, 0.3) is 0 Å². The van der Waals surface area contributed by atoms with E-state index in [0.717, 1.165) is 16.8 Å². The predicted octanol–water partition coefficient (Wildman–Crippen LogP) is 4.98. The molecule has 0 bridgehead atoms. The molecule has 136 valence electrons. The van der Waals surface area contributed by atoms with Gasteiger partial charge in [-0.1, -0.05) is 77.9 Å². The molecule has 1 heterocycles. The van der Waals surface area contributed by atoms with Crippen molar-refractivity contribution in [2.24, 2.45) is 0 Å². The van der Waals surface area contributed by atoms with Gasteiger partial charge in [-0.25, -0.2) is 0 Å². The third-order valence-corrected chi connectivity index (χ3v) is 5.02. The van der Waals surface area contributed by atoms with Crippen molar-refractivity contribution >= 4 is 5.70 Å². The number of nitrogens with one attached hydrogen (secondary N) is 2. The molecule has 2 unspecified atom stereocenters. The minimum Gasteiger partial charge on any atom is -0.508 e. The molecule has 3 nitrogen and oxygen atoms in total. The summed E-state index contributed by atoms with van der Waals surface area (Å²) in [7, 11) is 0. The minimum atomic E-state index is -0.0879. The van der Waals surface area contributed by atoms with Gasteiger partial charge >= 0.3 is 0 Å². The quantitative estimate of drug-likeness (QED) is 0.620. The summed E-state index contributed by atoms with van der Waals surface area (Å²) in [6, 6.07) is 24.4. The summed E-state index contributed by atoms with van der Waals surface area (Å²) in [5.74, 6) is 0.305. The van der Waals surface area contributed by atoms with E-state index in [4.69, 9.17) is 0 Å². The van der Waals surface area contributed by atoms with Crippen LogP contribution in [0.1, 0.15) is 40.0 Å². The van der Waals surface area contributed by atoms with Crippen LogP contribution in [0.4, 0.5) is 0 Å². The number of benzene rings is 3. The second-order valence-electron chi connectivity index (χ2n) is 7.14. The number of aryl methyl sites for hydroxylation is 2. The molecule has 0 aromatic heterocycles. The average Bonchev–Trinajstić information content (AvgIpc) is 2.69. The molecule has 0 saturated heterocycles. The van der Waals surface area contributed by atoms with Gasteiger partial charge in [-0.3, -0.25) is 5.32 Å². The van der Waals surface area contributed by atoms with Gasteiger partial charge in [0.2, 0.25) is 0 Å². The van der Waals surface area contributed by atoms with E-state index in [1.165, 1.54) is 16.7 Å². The Morgan fingerprint density at radius 2 is 1.41 bits per heavy atom. The van der Waals surface area contributed by atoms with E-state index in [-0.39, 0.29) is 12.2 Å². The van der Waals surface area contributed by atoms with E-state index in [1.54, 1.807) is 6.07 Å². The first-order valence-electron chi connectivity index (χ1n) is 9.26. The van der Waals surface area contributed by atoms with Gasteiger partial charge in [-0.2, -0.15) is 0 Å². The molecule has 3 aromatic carbocycles. The van der Waals surface area contributed by atoms with Crippen LogP contribution >= 0.6 is 0 Å². The molecule has 3 N–H and O–H groups in total. The number of hydrogen-bond acceptors (Lipinski definition) is 3. The largest absolute Gasteiger partial charge is 0.508 e. The van der Waals surface area contributed by atoms with E-state index < -0.39 is 0 Å². The molecule has 0 aliphatic carbocycles. The van der Waals surface area contributed by atoms with Gasteiger partial charge in [-0.15, -0.1) is 0 Å². The molecule has 2 atom stereocenters. The average molecular weight is 356 g/mol. The van der Waals surface area contributed by atoms with Crippen molar-refractivity contribution in [1.29, 1.82) is 0 Å². The Morgan fingerprint density at radius 3 is 2.07 bits per heavy atom. The Balaban J connectivity index is 1.75. The number of para-hydroxylation sites is 1. The SMILES string of the molecule is Cc1ccc(C2=CC(c3ccccc3O)NC(c3ccc(C)cc3)N2)cc1. The van der Waals surface area contributed by atoms with Crippen LogP contribution in [0.2, 0.25) is 0 Å². The molecular weight excluding hydrogens is 332 g/mol. The minimum absolute atomic E-state index is 0.0449. The van der Waals surface area contributed by atoms with Crippen LogP contribution in [0.3, 0.4) is 0 Å². The van der Waals surface area contributed by atoms with Crippen LogP contribution < -0.4 is 10.6 Å². The van der Waals surface area contributed by atoms with E-state index in [1.807, 2.05) is 18.2 Å². The summed E-state index contributed by atoms with van der Waals surface area (Å²) in [5.41, 5.74) is 6.72. The number of hydrogen-bond donors (Lipinski definition) is 3. The van der Waals surface area contributed by atoms with Gasteiger partial charge in [0, 0.05) is 11.3 Å². The molecule has 1 aliphatic rings. The standard InChI is InChI=1S/C24H24N2O/c1-16-7-11-18(12-8-16)21-15-22(20-5-3-4-6-23(20)27)26-24(25-21)19-13-9-17(2)10-14-19/h3-15,22,24-27H,1-2H3. The van der Waals surface area contributed by atoms with Crippen molar-refractivity contribution in [3.8, 4) is 5.75 Å². The summed E-state index contributed by atoms with van der Waals surface area (Å²) in [6.45, 7) is 4.18. The fourth-order valence-corrected chi connectivity index (χ4v) is 3.42. The first kappa shape index (κ1) is 17.4. The molecular formula is C24H24N2O. The fourth-order valence-electron chi connectivity index (χ4n) is 3.42. The van der Waals surface area contributed by atoms with Crippen LogP contribution in [0, 0.1) is 13.8 Å². The molecule has 0 radical (unpaired) electrons. The Labute approximate surface area is 160 Å². The third-order valence-electron chi connectivity index (χ3n) is 5.02. The highest BCUT2D eigenvalue weighted by atomic mass is 16.3. The fraction of sp³-hybridized carbons (Fsp3) is 0.167.